The summed E-state index contributed by atoms with van der Waals surface area (Å²) in [7, 11) is 0. The van der Waals surface area contributed by atoms with E-state index in [1.54, 1.807) is 0 Å². The third-order valence-electron chi connectivity index (χ3n) is 3.26. The van der Waals surface area contributed by atoms with E-state index in [9.17, 15) is 0 Å². The van der Waals surface area contributed by atoms with Gasteiger partial charge in [-0.25, -0.2) is 0 Å². The summed E-state index contributed by atoms with van der Waals surface area (Å²) in [4.78, 5) is 0. The predicted octanol–water partition coefficient (Wildman–Crippen LogP) is 2.89. The molecule has 0 aromatic carbocycles. The van der Waals surface area contributed by atoms with Crippen molar-refractivity contribution < 1.29 is 0 Å². The summed E-state index contributed by atoms with van der Waals surface area (Å²) < 4.78 is 2.10. The molecule has 0 bridgehead atoms. The summed E-state index contributed by atoms with van der Waals surface area (Å²) in [5, 5.41) is 8.81. The number of hydrogen-bond donors (Lipinski definition) is 1. The van der Waals surface area contributed by atoms with Crippen LogP contribution in [0, 0.1) is 6.92 Å². The zero-order valence-electron chi connectivity index (χ0n) is 10.3. The summed E-state index contributed by atoms with van der Waals surface area (Å²) in [5.41, 5.74) is 2.21. The fourth-order valence-electron chi connectivity index (χ4n) is 2.40. The van der Waals surface area contributed by atoms with Crippen molar-refractivity contribution in [3.05, 3.63) is 16.4 Å². The Labute approximate surface area is 102 Å². The van der Waals surface area contributed by atoms with Crippen LogP contribution in [-0.4, -0.2) is 22.9 Å². The quantitative estimate of drug-likeness (QED) is 0.863. The molecule has 1 N–H and O–H groups in total. The topological polar surface area (TPSA) is 29.9 Å². The maximum atomic E-state index is 6.39. The summed E-state index contributed by atoms with van der Waals surface area (Å²) in [5.74, 6) is 0.567. The van der Waals surface area contributed by atoms with Crippen molar-refractivity contribution in [2.45, 2.75) is 45.6 Å². The Balaban J connectivity index is 2.36. The van der Waals surface area contributed by atoms with Gasteiger partial charge < -0.3 is 5.32 Å². The molecule has 0 radical (unpaired) electrons. The lowest BCUT2D eigenvalue weighted by molar-refractivity contribution is 0.413. The van der Waals surface area contributed by atoms with Gasteiger partial charge in [-0.2, -0.15) is 5.10 Å². The lowest BCUT2D eigenvalue weighted by atomic mass is 9.94. The fourth-order valence-corrected chi connectivity index (χ4v) is 2.68. The molecule has 0 spiro atoms. The summed E-state index contributed by atoms with van der Waals surface area (Å²) >= 11 is 6.39. The molecule has 90 valence electrons. The Bertz CT molecular complexity index is 365. The second-order valence-electron chi connectivity index (χ2n) is 4.85. The molecule has 1 aromatic heterocycles. The maximum Gasteiger partial charge on any atom is 0.0850 e. The minimum absolute atomic E-state index is 0.385. The van der Waals surface area contributed by atoms with Gasteiger partial charge in [-0.05, 0) is 46.7 Å². The van der Waals surface area contributed by atoms with E-state index in [2.05, 4.69) is 28.9 Å². The van der Waals surface area contributed by atoms with Gasteiger partial charge in [-0.15, -0.1) is 0 Å². The van der Waals surface area contributed by atoms with Gasteiger partial charge in [0.05, 0.1) is 16.4 Å². The zero-order chi connectivity index (χ0) is 11.7. The van der Waals surface area contributed by atoms with E-state index in [0.29, 0.717) is 12.0 Å². The molecule has 1 aliphatic heterocycles. The molecule has 3 nitrogen and oxygen atoms in total. The molecule has 1 saturated heterocycles. The molecule has 1 fully saturated rings. The van der Waals surface area contributed by atoms with Gasteiger partial charge in [-0.3, -0.25) is 4.68 Å². The SMILES string of the molecule is Cc1nn(C(C)C)c(C2CCNCC2)c1Cl. The lowest BCUT2D eigenvalue weighted by Gasteiger charge is -2.25. The summed E-state index contributed by atoms with van der Waals surface area (Å²) in [6, 6.07) is 0.385. The fraction of sp³-hybridized carbons (Fsp3) is 0.750. The molecule has 1 aliphatic rings. The van der Waals surface area contributed by atoms with Crippen molar-refractivity contribution in [1.82, 2.24) is 15.1 Å². The average Bonchev–Trinajstić information content (AvgIpc) is 2.57. The first-order valence-electron chi connectivity index (χ1n) is 6.06. The summed E-state index contributed by atoms with van der Waals surface area (Å²) in [6.07, 6.45) is 2.33. The van der Waals surface area contributed by atoms with Crippen LogP contribution < -0.4 is 5.32 Å². The van der Waals surface area contributed by atoms with Crippen LogP contribution >= 0.6 is 11.6 Å². The maximum absolute atomic E-state index is 6.39. The Morgan fingerprint density at radius 2 is 2.00 bits per heavy atom. The highest BCUT2D eigenvalue weighted by atomic mass is 35.5. The highest BCUT2D eigenvalue weighted by Gasteiger charge is 2.25. The largest absolute Gasteiger partial charge is 0.317 e. The molecule has 2 rings (SSSR count). The first kappa shape index (κ1) is 11.9. The number of aromatic nitrogens is 2. The van der Waals surface area contributed by atoms with Gasteiger partial charge in [0.1, 0.15) is 0 Å². The third-order valence-corrected chi connectivity index (χ3v) is 3.73. The molecule has 2 heterocycles. The van der Waals surface area contributed by atoms with Crippen LogP contribution in [-0.2, 0) is 0 Å². The molecule has 16 heavy (non-hydrogen) atoms. The van der Waals surface area contributed by atoms with Crippen molar-refractivity contribution in [3.8, 4) is 0 Å². The van der Waals surface area contributed by atoms with Crippen molar-refractivity contribution in [1.29, 1.82) is 0 Å². The van der Waals surface area contributed by atoms with E-state index >= 15 is 0 Å². The van der Waals surface area contributed by atoms with Crippen LogP contribution in [0.2, 0.25) is 5.02 Å². The Kier molecular flexibility index (Phi) is 3.55. The number of rotatable bonds is 2. The second kappa shape index (κ2) is 4.76. The van der Waals surface area contributed by atoms with Crippen LogP contribution in [0.4, 0.5) is 0 Å². The number of aryl methyl sites for hydroxylation is 1. The average molecular weight is 242 g/mol. The molecule has 0 atom stereocenters. The van der Waals surface area contributed by atoms with E-state index in [1.165, 1.54) is 5.69 Å². The molecule has 4 heteroatoms. The Morgan fingerprint density at radius 1 is 1.38 bits per heavy atom. The van der Waals surface area contributed by atoms with Crippen LogP contribution in [0.3, 0.4) is 0 Å². The van der Waals surface area contributed by atoms with Crippen LogP contribution in [0.15, 0.2) is 0 Å². The minimum atomic E-state index is 0.385. The predicted molar refractivity (Wildman–Crippen MR) is 67.2 cm³/mol. The number of halogens is 1. The van der Waals surface area contributed by atoms with E-state index in [-0.39, 0.29) is 0 Å². The third kappa shape index (κ3) is 2.11. The first-order chi connectivity index (χ1) is 7.61. The van der Waals surface area contributed by atoms with Crippen LogP contribution in [0.25, 0.3) is 0 Å². The van der Waals surface area contributed by atoms with Gasteiger partial charge in [-0.1, -0.05) is 11.6 Å². The normalized spacial score (nSPS) is 18.3. The minimum Gasteiger partial charge on any atom is -0.317 e. The smallest absolute Gasteiger partial charge is 0.0850 e. The van der Waals surface area contributed by atoms with Gasteiger partial charge in [0.25, 0.3) is 0 Å². The van der Waals surface area contributed by atoms with Crippen molar-refractivity contribution in [2.75, 3.05) is 13.1 Å². The van der Waals surface area contributed by atoms with E-state index in [0.717, 1.165) is 36.6 Å². The van der Waals surface area contributed by atoms with Gasteiger partial charge in [0.15, 0.2) is 0 Å². The molecule has 1 aromatic rings. The number of nitrogens with one attached hydrogen (secondary N) is 1. The lowest BCUT2D eigenvalue weighted by Crippen LogP contribution is -2.28. The van der Waals surface area contributed by atoms with Crippen molar-refractivity contribution in [2.24, 2.45) is 0 Å². The van der Waals surface area contributed by atoms with E-state index < -0.39 is 0 Å². The zero-order valence-corrected chi connectivity index (χ0v) is 11.0. The van der Waals surface area contributed by atoms with Crippen LogP contribution in [0.5, 0.6) is 0 Å². The Hall–Kier alpha value is -0.540. The van der Waals surface area contributed by atoms with Crippen molar-refractivity contribution >= 4 is 11.6 Å². The number of hydrogen-bond acceptors (Lipinski definition) is 2. The molecule has 0 amide bonds. The monoisotopic (exact) mass is 241 g/mol. The molecule has 0 aliphatic carbocycles. The van der Waals surface area contributed by atoms with Crippen LogP contribution in [0.1, 0.15) is 50.0 Å². The number of piperidine rings is 1. The molecule has 0 saturated carbocycles. The second-order valence-corrected chi connectivity index (χ2v) is 5.23. The highest BCUT2D eigenvalue weighted by Crippen LogP contribution is 2.34. The first-order valence-corrected chi connectivity index (χ1v) is 6.44. The van der Waals surface area contributed by atoms with Gasteiger partial charge in [0.2, 0.25) is 0 Å². The molecule has 0 unspecified atom stereocenters. The standard InChI is InChI=1S/C12H20ClN3/c1-8(2)16-12(11(13)9(3)15-16)10-4-6-14-7-5-10/h8,10,14H,4-7H2,1-3H3. The van der Waals surface area contributed by atoms with E-state index in [4.69, 9.17) is 11.6 Å². The number of nitrogens with zero attached hydrogens (tertiary/aromatic N) is 2. The van der Waals surface area contributed by atoms with Gasteiger partial charge >= 0.3 is 0 Å². The summed E-state index contributed by atoms with van der Waals surface area (Å²) in [6.45, 7) is 8.49. The molecular weight excluding hydrogens is 222 g/mol. The molecular formula is C12H20ClN3. The van der Waals surface area contributed by atoms with Gasteiger partial charge in [0, 0.05) is 12.0 Å². The Morgan fingerprint density at radius 3 is 2.56 bits per heavy atom. The highest BCUT2D eigenvalue weighted by molar-refractivity contribution is 6.31. The van der Waals surface area contributed by atoms with E-state index in [1.807, 2.05) is 6.92 Å². The van der Waals surface area contributed by atoms with Crippen molar-refractivity contribution in [3.63, 3.8) is 0 Å².